The first-order valence-corrected chi connectivity index (χ1v) is 16.8. The number of fused-ring (bicyclic) bond motifs is 16. The Morgan fingerprint density at radius 2 is 0.898 bits per heavy atom. The molecule has 3 nitrogen and oxygen atoms in total. The maximum atomic E-state index is 5.22. The van der Waals surface area contributed by atoms with Gasteiger partial charge < -0.3 is 4.57 Å². The van der Waals surface area contributed by atoms with Gasteiger partial charge in [-0.3, -0.25) is 0 Å². The number of nitrogens with zero attached hydrogens (tertiary/aromatic N) is 3. The number of hydrogen-bond acceptors (Lipinski definition) is 2. The predicted molar refractivity (Wildman–Crippen MR) is 206 cm³/mol. The maximum absolute atomic E-state index is 5.22. The number of hydrogen-bond donors (Lipinski definition) is 0. The number of rotatable bonds is 1. The molecule has 49 heavy (non-hydrogen) atoms. The Bertz CT molecular complexity index is 3240. The highest BCUT2D eigenvalue weighted by molar-refractivity contribution is 6.30. The molecule has 0 saturated carbocycles. The summed E-state index contributed by atoms with van der Waals surface area (Å²) in [5.74, 6) is 0. The molecule has 2 aromatic heterocycles. The molecule has 1 aliphatic rings. The zero-order valence-electron chi connectivity index (χ0n) is 26.3. The van der Waals surface area contributed by atoms with Crippen LogP contribution in [-0.4, -0.2) is 14.5 Å². The Hall–Kier alpha value is -6.58. The van der Waals surface area contributed by atoms with Crippen molar-refractivity contribution >= 4 is 86.7 Å². The minimum atomic E-state index is 0.923. The third-order valence-electron chi connectivity index (χ3n) is 10.8. The molecule has 0 fully saturated rings. The lowest BCUT2D eigenvalue weighted by atomic mass is 9.94. The van der Waals surface area contributed by atoms with Gasteiger partial charge in [0.1, 0.15) is 0 Å². The van der Waals surface area contributed by atoms with Gasteiger partial charge in [-0.05, 0) is 68.0 Å². The van der Waals surface area contributed by atoms with Crippen LogP contribution in [0.4, 0.5) is 0 Å². The van der Waals surface area contributed by atoms with Crippen LogP contribution in [0, 0.1) is 0 Å². The van der Waals surface area contributed by atoms with Crippen LogP contribution < -0.4 is 0 Å². The van der Waals surface area contributed by atoms with Gasteiger partial charge in [-0.1, -0.05) is 121 Å². The van der Waals surface area contributed by atoms with Crippen molar-refractivity contribution in [1.82, 2.24) is 14.5 Å². The van der Waals surface area contributed by atoms with Crippen molar-refractivity contribution in [2.75, 3.05) is 0 Å². The van der Waals surface area contributed by atoms with Gasteiger partial charge in [0.05, 0.1) is 33.5 Å². The van der Waals surface area contributed by atoms with Crippen molar-refractivity contribution in [3.05, 3.63) is 152 Å². The molecule has 0 atom stereocenters. The Labute approximate surface area is 280 Å². The first-order valence-electron chi connectivity index (χ1n) is 16.8. The van der Waals surface area contributed by atoms with E-state index >= 15 is 0 Å². The molecule has 0 saturated heterocycles. The lowest BCUT2D eigenvalue weighted by Crippen LogP contribution is -1.96. The van der Waals surface area contributed by atoms with Crippen molar-refractivity contribution < 1.29 is 0 Å². The first kappa shape index (κ1) is 25.5. The van der Waals surface area contributed by atoms with Gasteiger partial charge in [0.25, 0.3) is 0 Å². The molecule has 2 heterocycles. The second-order valence-corrected chi connectivity index (χ2v) is 13.3. The van der Waals surface area contributed by atoms with Crippen molar-refractivity contribution in [3.8, 4) is 28.2 Å². The zero-order valence-corrected chi connectivity index (χ0v) is 26.3. The maximum Gasteiger partial charge on any atom is 0.0980 e. The quantitative estimate of drug-likeness (QED) is 0.171. The fourth-order valence-electron chi connectivity index (χ4n) is 8.79. The van der Waals surface area contributed by atoms with E-state index in [0.717, 1.165) is 39.2 Å². The largest absolute Gasteiger partial charge is 0.308 e. The SMILES string of the molecule is c1ccc2c(c1)ccc1c3cc4c5c(cccc5c3n(-c3ccc5c6ccccc6c6ccccc6c5c3)c21)-c1nc2ccccc2nc1-4. The minimum absolute atomic E-state index is 0.923. The monoisotopic (exact) mass is 619 g/mol. The van der Waals surface area contributed by atoms with E-state index in [0.29, 0.717) is 0 Å². The van der Waals surface area contributed by atoms with Crippen LogP contribution >= 0.6 is 0 Å². The van der Waals surface area contributed by atoms with E-state index in [1.54, 1.807) is 0 Å². The smallest absolute Gasteiger partial charge is 0.0980 e. The minimum Gasteiger partial charge on any atom is -0.308 e. The van der Waals surface area contributed by atoms with E-state index in [2.05, 4.69) is 144 Å². The first-order chi connectivity index (χ1) is 24.3. The summed E-state index contributed by atoms with van der Waals surface area (Å²) in [6, 6.07) is 55.3. The lowest BCUT2D eigenvalue weighted by molar-refractivity contribution is 1.20. The van der Waals surface area contributed by atoms with Crippen LogP contribution in [-0.2, 0) is 0 Å². The molecule has 224 valence electrons. The number of benzene rings is 9. The van der Waals surface area contributed by atoms with Gasteiger partial charge in [-0.2, -0.15) is 0 Å². The molecule has 0 amide bonds. The molecular formula is C46H25N3. The summed E-state index contributed by atoms with van der Waals surface area (Å²) >= 11 is 0. The summed E-state index contributed by atoms with van der Waals surface area (Å²) in [5, 5.41) is 15.1. The van der Waals surface area contributed by atoms with Gasteiger partial charge in [-0.25, -0.2) is 9.97 Å². The summed E-state index contributed by atoms with van der Waals surface area (Å²) in [6.45, 7) is 0. The van der Waals surface area contributed by atoms with Crippen molar-refractivity contribution in [1.29, 1.82) is 0 Å². The average molecular weight is 620 g/mol. The molecule has 11 aromatic rings. The molecule has 3 heteroatoms. The highest BCUT2D eigenvalue weighted by atomic mass is 15.0. The van der Waals surface area contributed by atoms with Gasteiger partial charge in [0.2, 0.25) is 0 Å². The van der Waals surface area contributed by atoms with Gasteiger partial charge in [-0.15, -0.1) is 0 Å². The molecule has 0 unspecified atom stereocenters. The second-order valence-electron chi connectivity index (χ2n) is 13.3. The predicted octanol–water partition coefficient (Wildman–Crippen LogP) is 12.1. The van der Waals surface area contributed by atoms with Crippen LogP contribution in [0.15, 0.2) is 152 Å². The van der Waals surface area contributed by atoms with Crippen molar-refractivity contribution in [2.24, 2.45) is 0 Å². The molecule has 0 aliphatic heterocycles. The fraction of sp³-hybridized carbons (Fsp3) is 0. The van der Waals surface area contributed by atoms with E-state index < -0.39 is 0 Å². The van der Waals surface area contributed by atoms with Crippen LogP contribution in [0.25, 0.3) is 115 Å². The molecule has 9 aromatic carbocycles. The molecule has 0 spiro atoms. The third kappa shape index (κ3) is 3.22. The molecule has 1 aliphatic carbocycles. The van der Waals surface area contributed by atoms with Crippen molar-refractivity contribution in [3.63, 3.8) is 0 Å². The Morgan fingerprint density at radius 1 is 0.347 bits per heavy atom. The van der Waals surface area contributed by atoms with Crippen LogP contribution in [0.1, 0.15) is 0 Å². The Kier molecular flexibility index (Phi) is 4.72. The van der Waals surface area contributed by atoms with E-state index in [9.17, 15) is 0 Å². The molecule has 0 radical (unpaired) electrons. The van der Waals surface area contributed by atoms with E-state index in [1.807, 2.05) is 12.1 Å². The molecule has 12 rings (SSSR count). The van der Waals surface area contributed by atoms with Gasteiger partial charge in [0.15, 0.2) is 0 Å². The standard InChI is InChI=1S/C46H25N3/c1-2-11-28-26(10-1)20-22-34-38-25-39-42-35(43-44(39)48-41-19-8-7-18-40(41)47-43)16-9-17-36(42)46(38)49(45(28)34)27-21-23-33-31-14-4-3-12-29(31)30-13-5-6-15-32(30)37(33)24-27/h1-25H. The summed E-state index contributed by atoms with van der Waals surface area (Å²) in [4.78, 5) is 10.4. The van der Waals surface area contributed by atoms with Crippen molar-refractivity contribution in [2.45, 2.75) is 0 Å². The topological polar surface area (TPSA) is 30.7 Å². The second kappa shape index (κ2) is 9.06. The van der Waals surface area contributed by atoms with Crippen LogP contribution in [0.2, 0.25) is 0 Å². The zero-order chi connectivity index (χ0) is 31.8. The van der Waals surface area contributed by atoms with E-state index in [-0.39, 0.29) is 0 Å². The van der Waals surface area contributed by atoms with E-state index in [4.69, 9.17) is 9.97 Å². The third-order valence-corrected chi connectivity index (χ3v) is 10.8. The highest BCUT2D eigenvalue weighted by Crippen LogP contribution is 2.51. The normalized spacial score (nSPS) is 12.5. The summed E-state index contributed by atoms with van der Waals surface area (Å²) in [7, 11) is 0. The van der Waals surface area contributed by atoms with Crippen LogP contribution in [0.3, 0.4) is 0 Å². The lowest BCUT2D eigenvalue weighted by Gasteiger charge is -2.15. The molecule has 0 bridgehead atoms. The van der Waals surface area contributed by atoms with Crippen LogP contribution in [0.5, 0.6) is 0 Å². The van der Waals surface area contributed by atoms with Gasteiger partial charge >= 0.3 is 0 Å². The Morgan fingerprint density at radius 3 is 1.63 bits per heavy atom. The molecular weight excluding hydrogens is 595 g/mol. The van der Waals surface area contributed by atoms with Gasteiger partial charge in [0, 0.05) is 43.7 Å². The number of para-hydroxylation sites is 2. The summed E-state index contributed by atoms with van der Waals surface area (Å²) < 4.78 is 2.53. The molecule has 0 N–H and O–H groups in total. The Balaban J connectivity index is 1.28. The fourth-order valence-corrected chi connectivity index (χ4v) is 8.79. The number of aromatic nitrogens is 3. The summed E-state index contributed by atoms with van der Waals surface area (Å²) in [6.07, 6.45) is 0. The highest BCUT2D eigenvalue weighted by Gasteiger charge is 2.28. The van der Waals surface area contributed by atoms with E-state index in [1.165, 1.54) is 75.7 Å². The summed E-state index contributed by atoms with van der Waals surface area (Å²) in [5.41, 5.74) is 9.70. The average Bonchev–Trinajstić information content (AvgIpc) is 3.67.